The van der Waals surface area contributed by atoms with Gasteiger partial charge >= 0.3 is 0 Å². The summed E-state index contributed by atoms with van der Waals surface area (Å²) in [4.78, 5) is 11.3. The maximum atomic E-state index is 10.4. The summed E-state index contributed by atoms with van der Waals surface area (Å²) in [7, 11) is 0. The van der Waals surface area contributed by atoms with Gasteiger partial charge in [0, 0.05) is 25.0 Å². The van der Waals surface area contributed by atoms with Crippen LogP contribution in [0.15, 0.2) is 42.7 Å². The summed E-state index contributed by atoms with van der Waals surface area (Å²) < 4.78 is 0. The number of piperidine rings is 1. The van der Waals surface area contributed by atoms with Gasteiger partial charge in [0.2, 0.25) is 0 Å². The molecule has 1 aliphatic heterocycles. The Kier molecular flexibility index (Phi) is 4.74. The molecule has 3 rings (SSSR count). The summed E-state index contributed by atoms with van der Waals surface area (Å²) in [6.45, 7) is 5.71. The average Bonchev–Trinajstić information content (AvgIpc) is 2.56. The van der Waals surface area contributed by atoms with E-state index in [1.165, 1.54) is 18.4 Å². The largest absolute Gasteiger partial charge is 0.389 e. The quantitative estimate of drug-likeness (QED) is 0.941. The van der Waals surface area contributed by atoms with E-state index in [4.69, 9.17) is 0 Å². The summed E-state index contributed by atoms with van der Waals surface area (Å²) in [6, 6.07) is 10.2. The predicted octanol–water partition coefficient (Wildman–Crippen LogP) is 3.27. The highest BCUT2D eigenvalue weighted by Crippen LogP contribution is 2.27. The minimum Gasteiger partial charge on any atom is -0.389 e. The first-order valence-corrected chi connectivity index (χ1v) is 8.37. The molecule has 2 aromatic heterocycles. The van der Waals surface area contributed by atoms with Crippen molar-refractivity contribution in [1.29, 1.82) is 0 Å². The van der Waals surface area contributed by atoms with E-state index in [2.05, 4.69) is 20.9 Å². The molecule has 23 heavy (non-hydrogen) atoms. The molecule has 0 aromatic carbocycles. The lowest BCUT2D eigenvalue weighted by atomic mass is 9.89. The molecule has 0 bridgehead atoms. The first kappa shape index (κ1) is 16.1. The Morgan fingerprint density at radius 2 is 1.96 bits per heavy atom. The number of hydrogen-bond donors (Lipinski definition) is 1. The van der Waals surface area contributed by atoms with Gasteiger partial charge in [0.1, 0.15) is 0 Å². The van der Waals surface area contributed by atoms with E-state index in [1.807, 2.05) is 44.3 Å². The van der Waals surface area contributed by atoms with E-state index >= 15 is 0 Å². The number of hydrogen-bond acceptors (Lipinski definition) is 4. The molecule has 0 spiro atoms. The average molecular weight is 311 g/mol. The topological polar surface area (TPSA) is 49.2 Å². The summed E-state index contributed by atoms with van der Waals surface area (Å²) in [5, 5.41) is 10.4. The molecule has 0 aliphatic carbocycles. The van der Waals surface area contributed by atoms with E-state index in [1.54, 1.807) is 6.20 Å². The van der Waals surface area contributed by atoms with Crippen molar-refractivity contribution < 1.29 is 5.11 Å². The normalized spacial score (nSPS) is 19.7. The van der Waals surface area contributed by atoms with Crippen molar-refractivity contribution in [2.24, 2.45) is 0 Å². The summed E-state index contributed by atoms with van der Waals surface area (Å²) in [6.07, 6.45) is 7.17. The Balaban J connectivity index is 1.72. The van der Waals surface area contributed by atoms with E-state index in [-0.39, 0.29) is 6.04 Å². The van der Waals surface area contributed by atoms with Crippen molar-refractivity contribution in [2.45, 2.75) is 51.3 Å². The molecule has 1 aliphatic rings. The molecule has 2 aromatic rings. The number of rotatable bonds is 4. The SMILES string of the molecule is CC(C)(O)C1CCCCN1Cc1ccc(-c2ccccn2)nc1. The molecule has 1 N–H and O–H groups in total. The number of nitrogens with zero attached hydrogens (tertiary/aromatic N) is 3. The summed E-state index contributed by atoms with van der Waals surface area (Å²) in [5.41, 5.74) is 2.31. The van der Waals surface area contributed by atoms with Crippen LogP contribution in [0.3, 0.4) is 0 Å². The van der Waals surface area contributed by atoms with Crippen LogP contribution in [0.1, 0.15) is 38.7 Å². The first-order chi connectivity index (χ1) is 11.0. The van der Waals surface area contributed by atoms with Gasteiger partial charge in [-0.05, 0) is 57.0 Å². The molecular formula is C19H25N3O. The lowest BCUT2D eigenvalue weighted by Gasteiger charge is -2.42. The van der Waals surface area contributed by atoms with Gasteiger partial charge in [-0.1, -0.05) is 18.6 Å². The second kappa shape index (κ2) is 6.77. The van der Waals surface area contributed by atoms with Gasteiger partial charge in [0.05, 0.1) is 17.0 Å². The summed E-state index contributed by atoms with van der Waals surface area (Å²) in [5.74, 6) is 0. The molecular weight excluding hydrogens is 286 g/mol. The number of aromatic nitrogens is 2. The fraction of sp³-hybridized carbons (Fsp3) is 0.474. The molecule has 1 fully saturated rings. The number of likely N-dealkylation sites (tertiary alicyclic amines) is 1. The van der Waals surface area contributed by atoms with E-state index < -0.39 is 5.60 Å². The van der Waals surface area contributed by atoms with Gasteiger partial charge in [-0.2, -0.15) is 0 Å². The maximum absolute atomic E-state index is 10.4. The molecule has 0 amide bonds. The molecule has 4 heteroatoms. The second-order valence-corrected chi connectivity index (χ2v) is 6.90. The highest BCUT2D eigenvalue weighted by molar-refractivity contribution is 5.53. The van der Waals surface area contributed by atoms with Crippen molar-refractivity contribution in [1.82, 2.24) is 14.9 Å². The van der Waals surface area contributed by atoms with Crippen LogP contribution in [0, 0.1) is 0 Å². The van der Waals surface area contributed by atoms with Gasteiger partial charge in [-0.3, -0.25) is 14.9 Å². The molecule has 0 saturated carbocycles. The molecule has 1 atom stereocenters. The van der Waals surface area contributed by atoms with E-state index in [9.17, 15) is 5.11 Å². The van der Waals surface area contributed by atoms with Crippen LogP contribution in [0.25, 0.3) is 11.4 Å². The van der Waals surface area contributed by atoms with Crippen LogP contribution in [0.5, 0.6) is 0 Å². The van der Waals surface area contributed by atoms with Gasteiger partial charge in [-0.15, -0.1) is 0 Å². The van der Waals surface area contributed by atoms with Gasteiger partial charge in [-0.25, -0.2) is 0 Å². The fourth-order valence-electron chi connectivity index (χ4n) is 3.40. The molecule has 122 valence electrons. The highest BCUT2D eigenvalue weighted by atomic mass is 16.3. The Labute approximate surface area is 138 Å². The van der Waals surface area contributed by atoms with Crippen LogP contribution in [-0.2, 0) is 6.54 Å². The Hall–Kier alpha value is -1.78. The van der Waals surface area contributed by atoms with Crippen molar-refractivity contribution in [2.75, 3.05) is 6.54 Å². The van der Waals surface area contributed by atoms with Crippen LogP contribution >= 0.6 is 0 Å². The van der Waals surface area contributed by atoms with Crippen LogP contribution < -0.4 is 0 Å². The van der Waals surface area contributed by atoms with Crippen LogP contribution in [-0.4, -0.2) is 38.2 Å². The van der Waals surface area contributed by atoms with Crippen molar-refractivity contribution in [3.63, 3.8) is 0 Å². The van der Waals surface area contributed by atoms with Gasteiger partial charge < -0.3 is 5.11 Å². The third-order valence-electron chi connectivity index (χ3n) is 4.57. The summed E-state index contributed by atoms with van der Waals surface area (Å²) >= 11 is 0. The lowest BCUT2D eigenvalue weighted by molar-refractivity contribution is -0.0398. The van der Waals surface area contributed by atoms with Crippen molar-refractivity contribution in [3.8, 4) is 11.4 Å². The van der Waals surface area contributed by atoms with Crippen molar-refractivity contribution >= 4 is 0 Å². The number of pyridine rings is 2. The Morgan fingerprint density at radius 1 is 1.13 bits per heavy atom. The van der Waals surface area contributed by atoms with E-state index in [0.29, 0.717) is 0 Å². The van der Waals surface area contributed by atoms with Gasteiger partial charge in [0.25, 0.3) is 0 Å². The molecule has 1 unspecified atom stereocenters. The third-order valence-corrected chi connectivity index (χ3v) is 4.57. The third kappa shape index (κ3) is 3.95. The zero-order chi connectivity index (χ0) is 16.3. The Bertz CT molecular complexity index is 619. The fourth-order valence-corrected chi connectivity index (χ4v) is 3.40. The zero-order valence-electron chi connectivity index (χ0n) is 13.9. The predicted molar refractivity (Wildman–Crippen MR) is 91.8 cm³/mol. The minimum absolute atomic E-state index is 0.215. The van der Waals surface area contributed by atoms with E-state index in [0.717, 1.165) is 30.9 Å². The highest BCUT2D eigenvalue weighted by Gasteiger charge is 2.33. The minimum atomic E-state index is -0.665. The molecule has 1 saturated heterocycles. The standard InChI is InChI=1S/C19H25N3O/c1-19(2,23)18-8-4-6-12-22(18)14-15-9-10-17(21-13-15)16-7-3-5-11-20-16/h3,5,7,9-11,13,18,23H,4,6,8,12,14H2,1-2H3. The maximum Gasteiger partial charge on any atom is 0.0886 e. The van der Waals surface area contributed by atoms with Crippen LogP contribution in [0.4, 0.5) is 0 Å². The Morgan fingerprint density at radius 3 is 2.61 bits per heavy atom. The van der Waals surface area contributed by atoms with Crippen LogP contribution in [0.2, 0.25) is 0 Å². The second-order valence-electron chi connectivity index (χ2n) is 6.90. The first-order valence-electron chi connectivity index (χ1n) is 8.37. The monoisotopic (exact) mass is 311 g/mol. The smallest absolute Gasteiger partial charge is 0.0886 e. The zero-order valence-corrected chi connectivity index (χ0v) is 13.9. The van der Waals surface area contributed by atoms with Crippen molar-refractivity contribution in [3.05, 3.63) is 48.3 Å². The molecule has 4 nitrogen and oxygen atoms in total. The van der Waals surface area contributed by atoms with Gasteiger partial charge in [0.15, 0.2) is 0 Å². The molecule has 0 radical (unpaired) electrons. The number of aliphatic hydroxyl groups is 1. The lowest BCUT2D eigenvalue weighted by Crippen LogP contribution is -2.51. The molecule has 3 heterocycles.